The van der Waals surface area contributed by atoms with Crippen LogP contribution in [0, 0.1) is 6.92 Å². The molecule has 0 saturated heterocycles. The molecule has 1 heterocycles. The van der Waals surface area contributed by atoms with Gasteiger partial charge in [-0.15, -0.1) is 22.9 Å². The quantitative estimate of drug-likeness (QED) is 0.712. The first kappa shape index (κ1) is 9.04. The van der Waals surface area contributed by atoms with E-state index in [1.165, 1.54) is 0 Å². The Hall–Kier alpha value is -0.0500. The molecular formula is C8H11ClOS. The molecule has 1 N–H and O–H groups in total. The molecule has 3 heteroatoms. The summed E-state index contributed by atoms with van der Waals surface area (Å²) in [7, 11) is 0. The van der Waals surface area contributed by atoms with E-state index in [-0.39, 0.29) is 5.38 Å². The number of alkyl halides is 1. The summed E-state index contributed by atoms with van der Waals surface area (Å²) < 4.78 is 0. The Balaban J connectivity index is 2.84. The zero-order valence-electron chi connectivity index (χ0n) is 6.54. The highest BCUT2D eigenvalue weighted by molar-refractivity contribution is 7.10. The van der Waals surface area contributed by atoms with Crippen molar-refractivity contribution in [3.8, 4) is 0 Å². The molecule has 0 aliphatic heterocycles. The van der Waals surface area contributed by atoms with Crippen molar-refractivity contribution in [1.82, 2.24) is 0 Å². The first-order valence-corrected chi connectivity index (χ1v) is 4.80. The molecule has 62 valence electrons. The summed E-state index contributed by atoms with van der Waals surface area (Å²) in [6.07, 6.45) is -0.517. The number of aliphatic hydroxyl groups is 1. The molecule has 1 aromatic rings. The predicted molar refractivity (Wildman–Crippen MR) is 49.3 cm³/mol. The number of thiophene rings is 1. The number of halogens is 1. The van der Waals surface area contributed by atoms with Crippen molar-refractivity contribution < 1.29 is 5.11 Å². The fourth-order valence-electron chi connectivity index (χ4n) is 0.896. The molecule has 0 amide bonds. The van der Waals surface area contributed by atoms with E-state index in [4.69, 9.17) is 11.6 Å². The lowest BCUT2D eigenvalue weighted by Crippen LogP contribution is -2.07. The summed E-state index contributed by atoms with van der Waals surface area (Å²) >= 11 is 7.30. The van der Waals surface area contributed by atoms with Gasteiger partial charge in [0, 0.05) is 4.88 Å². The lowest BCUT2D eigenvalue weighted by molar-refractivity contribution is 0.180. The first-order valence-electron chi connectivity index (χ1n) is 3.49. The Morgan fingerprint density at radius 2 is 2.27 bits per heavy atom. The van der Waals surface area contributed by atoms with Gasteiger partial charge in [-0.1, -0.05) is 0 Å². The van der Waals surface area contributed by atoms with E-state index in [0.29, 0.717) is 0 Å². The van der Waals surface area contributed by atoms with Gasteiger partial charge in [0.1, 0.15) is 6.10 Å². The summed E-state index contributed by atoms with van der Waals surface area (Å²) in [6.45, 7) is 3.78. The molecule has 0 aliphatic carbocycles. The third-order valence-corrected chi connectivity index (χ3v) is 2.93. The van der Waals surface area contributed by atoms with Crippen molar-refractivity contribution in [2.24, 2.45) is 0 Å². The molecule has 2 atom stereocenters. The van der Waals surface area contributed by atoms with E-state index in [9.17, 15) is 5.11 Å². The van der Waals surface area contributed by atoms with Gasteiger partial charge < -0.3 is 5.11 Å². The van der Waals surface area contributed by atoms with Gasteiger partial charge in [-0.25, -0.2) is 0 Å². The van der Waals surface area contributed by atoms with E-state index in [1.807, 2.05) is 18.4 Å². The molecular weight excluding hydrogens is 180 g/mol. The van der Waals surface area contributed by atoms with Gasteiger partial charge in [-0.2, -0.15) is 0 Å². The molecule has 0 radical (unpaired) electrons. The molecule has 11 heavy (non-hydrogen) atoms. The second-order valence-corrected chi connectivity index (χ2v) is 4.23. The fourth-order valence-corrected chi connectivity index (χ4v) is 2.11. The van der Waals surface area contributed by atoms with Crippen LogP contribution >= 0.6 is 22.9 Å². The maximum absolute atomic E-state index is 9.55. The Morgan fingerprint density at radius 1 is 1.64 bits per heavy atom. The lowest BCUT2D eigenvalue weighted by Gasteiger charge is -2.11. The summed E-state index contributed by atoms with van der Waals surface area (Å²) in [5.41, 5.74) is 1.12. The number of hydrogen-bond donors (Lipinski definition) is 1. The zero-order chi connectivity index (χ0) is 8.43. The van der Waals surface area contributed by atoms with Crippen molar-refractivity contribution in [1.29, 1.82) is 0 Å². The summed E-state index contributed by atoms with van der Waals surface area (Å²) in [5, 5.41) is 11.3. The molecule has 0 aliphatic rings. The van der Waals surface area contributed by atoms with Gasteiger partial charge >= 0.3 is 0 Å². The van der Waals surface area contributed by atoms with Crippen LogP contribution in [0.15, 0.2) is 11.4 Å². The smallest absolute Gasteiger partial charge is 0.104 e. The van der Waals surface area contributed by atoms with Crippen molar-refractivity contribution in [2.75, 3.05) is 0 Å². The molecule has 0 spiro atoms. The number of rotatable bonds is 2. The normalized spacial score (nSPS) is 16.4. The maximum atomic E-state index is 9.55. The van der Waals surface area contributed by atoms with E-state index in [2.05, 4.69) is 0 Å². The van der Waals surface area contributed by atoms with Crippen LogP contribution in [-0.2, 0) is 0 Å². The van der Waals surface area contributed by atoms with Gasteiger partial charge in [0.2, 0.25) is 0 Å². The van der Waals surface area contributed by atoms with Gasteiger partial charge in [0.15, 0.2) is 0 Å². The van der Waals surface area contributed by atoms with Gasteiger partial charge in [0.05, 0.1) is 5.38 Å². The topological polar surface area (TPSA) is 20.2 Å². The molecule has 0 aromatic carbocycles. The molecule has 0 bridgehead atoms. The minimum absolute atomic E-state index is 0.215. The number of hydrogen-bond acceptors (Lipinski definition) is 2. The van der Waals surface area contributed by atoms with Crippen molar-refractivity contribution in [2.45, 2.75) is 25.3 Å². The fraction of sp³-hybridized carbons (Fsp3) is 0.500. The number of aliphatic hydroxyl groups excluding tert-OH is 1. The number of aryl methyl sites for hydroxylation is 1. The highest BCUT2D eigenvalue weighted by atomic mass is 35.5. The van der Waals surface area contributed by atoms with E-state index < -0.39 is 6.10 Å². The summed E-state index contributed by atoms with van der Waals surface area (Å²) in [5.74, 6) is 0. The van der Waals surface area contributed by atoms with Gasteiger partial charge in [-0.3, -0.25) is 0 Å². The maximum Gasteiger partial charge on any atom is 0.104 e. The third kappa shape index (κ3) is 1.95. The Kier molecular flexibility index (Phi) is 2.93. The minimum Gasteiger partial charge on any atom is -0.386 e. The van der Waals surface area contributed by atoms with Crippen LogP contribution < -0.4 is 0 Å². The monoisotopic (exact) mass is 190 g/mol. The van der Waals surface area contributed by atoms with Crippen LogP contribution in [0.4, 0.5) is 0 Å². The standard InChI is InChI=1S/C8H11ClOS/c1-5-3-4-11-8(5)7(10)6(2)9/h3-4,6-7,10H,1-2H3. The second kappa shape index (κ2) is 3.57. The zero-order valence-corrected chi connectivity index (χ0v) is 8.12. The van der Waals surface area contributed by atoms with E-state index in [1.54, 1.807) is 18.3 Å². The summed E-state index contributed by atoms with van der Waals surface area (Å²) in [4.78, 5) is 0.979. The van der Waals surface area contributed by atoms with Crippen molar-refractivity contribution in [3.05, 3.63) is 21.9 Å². The Morgan fingerprint density at radius 3 is 2.64 bits per heavy atom. The van der Waals surface area contributed by atoms with Crippen LogP contribution in [0.1, 0.15) is 23.5 Å². The SMILES string of the molecule is Cc1ccsc1C(O)C(C)Cl. The van der Waals surface area contributed by atoms with E-state index in [0.717, 1.165) is 10.4 Å². The minimum atomic E-state index is -0.517. The molecule has 1 nitrogen and oxygen atoms in total. The molecule has 2 unspecified atom stereocenters. The van der Waals surface area contributed by atoms with Crippen LogP contribution in [0.5, 0.6) is 0 Å². The highest BCUT2D eigenvalue weighted by Gasteiger charge is 2.16. The Bertz CT molecular complexity index is 232. The lowest BCUT2D eigenvalue weighted by atomic mass is 10.1. The van der Waals surface area contributed by atoms with E-state index >= 15 is 0 Å². The average Bonchev–Trinajstić information content (AvgIpc) is 2.33. The van der Waals surface area contributed by atoms with Crippen molar-refractivity contribution in [3.63, 3.8) is 0 Å². The third-order valence-electron chi connectivity index (χ3n) is 1.61. The largest absolute Gasteiger partial charge is 0.386 e. The van der Waals surface area contributed by atoms with Crippen LogP contribution in [0.25, 0.3) is 0 Å². The molecule has 1 rings (SSSR count). The molecule has 1 aromatic heterocycles. The molecule has 0 fully saturated rings. The molecule has 0 saturated carbocycles. The highest BCUT2D eigenvalue weighted by Crippen LogP contribution is 2.28. The first-order chi connectivity index (χ1) is 5.13. The predicted octanol–water partition coefficient (Wildman–Crippen LogP) is 2.72. The van der Waals surface area contributed by atoms with Crippen LogP contribution in [-0.4, -0.2) is 10.5 Å². The second-order valence-electron chi connectivity index (χ2n) is 2.59. The van der Waals surface area contributed by atoms with Crippen LogP contribution in [0.3, 0.4) is 0 Å². The van der Waals surface area contributed by atoms with Gasteiger partial charge in [0.25, 0.3) is 0 Å². The van der Waals surface area contributed by atoms with Gasteiger partial charge in [-0.05, 0) is 30.9 Å². The Labute approximate surface area is 75.6 Å². The summed E-state index contributed by atoms with van der Waals surface area (Å²) in [6, 6.07) is 1.99. The van der Waals surface area contributed by atoms with Crippen LogP contribution in [0.2, 0.25) is 0 Å². The van der Waals surface area contributed by atoms with Crippen molar-refractivity contribution >= 4 is 22.9 Å². The average molecular weight is 191 g/mol.